The summed E-state index contributed by atoms with van der Waals surface area (Å²) in [5.74, 6) is -0.405. The molecule has 8 nitrogen and oxygen atoms in total. The first kappa shape index (κ1) is 21.3. The van der Waals surface area contributed by atoms with Crippen molar-refractivity contribution in [3.8, 4) is 0 Å². The fraction of sp³-hybridized carbons (Fsp3) is 0.360. The van der Waals surface area contributed by atoms with Gasteiger partial charge in [0.2, 0.25) is 0 Å². The SMILES string of the molecule is CCC1(CNCc2cc3cnc(CNC(=O)c4cc(=O)n5ccccc5n4)cc3[nH]2)CCC1. The molecule has 1 aliphatic rings. The number of nitrogens with zero attached hydrogens (tertiary/aromatic N) is 3. The third-order valence-electron chi connectivity index (χ3n) is 6.83. The van der Waals surface area contributed by atoms with Gasteiger partial charge in [-0.2, -0.15) is 0 Å². The number of aromatic nitrogens is 4. The predicted molar refractivity (Wildman–Crippen MR) is 127 cm³/mol. The molecule has 3 N–H and O–H groups in total. The molecule has 0 bridgehead atoms. The maximum atomic E-state index is 12.6. The number of carbonyl (C=O) groups excluding carboxylic acids is 1. The van der Waals surface area contributed by atoms with Crippen LogP contribution in [0.25, 0.3) is 16.6 Å². The van der Waals surface area contributed by atoms with E-state index in [0.717, 1.165) is 35.4 Å². The molecule has 4 heterocycles. The van der Waals surface area contributed by atoms with Crippen LogP contribution in [-0.4, -0.2) is 31.8 Å². The number of fused-ring (bicyclic) bond motifs is 2. The lowest BCUT2D eigenvalue weighted by Gasteiger charge is -2.41. The highest BCUT2D eigenvalue weighted by Gasteiger charge is 2.34. The van der Waals surface area contributed by atoms with Gasteiger partial charge in [-0.1, -0.05) is 19.4 Å². The van der Waals surface area contributed by atoms with Gasteiger partial charge in [0.25, 0.3) is 11.5 Å². The lowest BCUT2D eigenvalue weighted by molar-refractivity contribution is 0.0945. The van der Waals surface area contributed by atoms with E-state index in [1.54, 1.807) is 24.4 Å². The van der Waals surface area contributed by atoms with Gasteiger partial charge in [-0.3, -0.25) is 19.0 Å². The monoisotopic (exact) mass is 444 g/mol. The summed E-state index contributed by atoms with van der Waals surface area (Å²) in [6.45, 7) is 4.38. The molecule has 1 aliphatic carbocycles. The zero-order valence-corrected chi connectivity index (χ0v) is 18.7. The van der Waals surface area contributed by atoms with Crippen LogP contribution < -0.4 is 16.2 Å². The number of amides is 1. The van der Waals surface area contributed by atoms with Gasteiger partial charge < -0.3 is 15.6 Å². The van der Waals surface area contributed by atoms with Crippen LogP contribution in [0.5, 0.6) is 0 Å². The summed E-state index contributed by atoms with van der Waals surface area (Å²) in [7, 11) is 0. The molecule has 0 aliphatic heterocycles. The second-order valence-corrected chi connectivity index (χ2v) is 8.96. The summed E-state index contributed by atoms with van der Waals surface area (Å²) in [5.41, 5.74) is 3.57. The molecule has 0 aromatic carbocycles. The maximum Gasteiger partial charge on any atom is 0.270 e. The molecule has 1 fully saturated rings. The van der Waals surface area contributed by atoms with E-state index >= 15 is 0 Å². The van der Waals surface area contributed by atoms with Gasteiger partial charge in [0.05, 0.1) is 12.2 Å². The molecular formula is C25H28N6O2. The zero-order chi connectivity index (χ0) is 22.8. The second-order valence-electron chi connectivity index (χ2n) is 8.96. The second kappa shape index (κ2) is 8.78. The topological polar surface area (TPSA) is 104 Å². The fourth-order valence-electron chi connectivity index (χ4n) is 4.55. The number of carbonyl (C=O) groups is 1. The van der Waals surface area contributed by atoms with Crippen molar-refractivity contribution in [3.05, 3.63) is 76.2 Å². The summed E-state index contributed by atoms with van der Waals surface area (Å²) in [5, 5.41) is 7.46. The average molecular weight is 445 g/mol. The third kappa shape index (κ3) is 4.39. The van der Waals surface area contributed by atoms with E-state index in [1.165, 1.54) is 36.2 Å². The molecule has 5 rings (SSSR count). The van der Waals surface area contributed by atoms with Gasteiger partial charge in [0.1, 0.15) is 11.3 Å². The van der Waals surface area contributed by atoms with Crippen molar-refractivity contribution in [2.75, 3.05) is 6.54 Å². The zero-order valence-electron chi connectivity index (χ0n) is 18.7. The molecule has 0 atom stereocenters. The van der Waals surface area contributed by atoms with E-state index in [1.807, 2.05) is 12.3 Å². The number of rotatable bonds is 8. The first-order chi connectivity index (χ1) is 16.0. The highest BCUT2D eigenvalue weighted by atomic mass is 16.2. The Balaban J connectivity index is 1.22. The van der Waals surface area contributed by atoms with Gasteiger partial charge >= 0.3 is 0 Å². The largest absolute Gasteiger partial charge is 0.357 e. The van der Waals surface area contributed by atoms with Crippen LogP contribution in [0, 0.1) is 5.41 Å². The van der Waals surface area contributed by atoms with E-state index in [2.05, 4.69) is 38.6 Å². The van der Waals surface area contributed by atoms with Crippen LogP contribution in [0.1, 0.15) is 54.5 Å². The van der Waals surface area contributed by atoms with Gasteiger partial charge in [-0.15, -0.1) is 0 Å². The van der Waals surface area contributed by atoms with Crippen LogP contribution in [0.15, 0.2) is 53.6 Å². The average Bonchev–Trinajstić information content (AvgIpc) is 3.21. The number of H-pyrrole nitrogens is 1. The Hall–Kier alpha value is -3.52. The van der Waals surface area contributed by atoms with Crippen LogP contribution >= 0.6 is 0 Å². The molecule has 0 spiro atoms. The number of pyridine rings is 2. The van der Waals surface area contributed by atoms with E-state index in [0.29, 0.717) is 11.1 Å². The summed E-state index contributed by atoms with van der Waals surface area (Å²) >= 11 is 0. The smallest absolute Gasteiger partial charge is 0.270 e. The lowest BCUT2D eigenvalue weighted by Crippen LogP contribution is -2.39. The van der Waals surface area contributed by atoms with Gasteiger partial charge in [-0.05, 0) is 48.9 Å². The van der Waals surface area contributed by atoms with Crippen LogP contribution in [0.2, 0.25) is 0 Å². The van der Waals surface area contributed by atoms with Crippen molar-refractivity contribution in [1.82, 2.24) is 30.0 Å². The maximum absolute atomic E-state index is 12.6. The molecule has 1 saturated carbocycles. The Labute approximate surface area is 191 Å². The van der Waals surface area contributed by atoms with Gasteiger partial charge in [0.15, 0.2) is 0 Å². The quantitative estimate of drug-likeness (QED) is 0.387. The Kier molecular flexibility index (Phi) is 5.68. The summed E-state index contributed by atoms with van der Waals surface area (Å²) in [6.07, 6.45) is 8.67. The molecule has 4 aromatic heterocycles. The first-order valence-corrected chi connectivity index (χ1v) is 11.5. The summed E-state index contributed by atoms with van der Waals surface area (Å²) in [6, 6.07) is 10.5. The van der Waals surface area contributed by atoms with Gasteiger partial charge in [-0.25, -0.2) is 4.98 Å². The molecule has 0 radical (unpaired) electrons. The lowest BCUT2D eigenvalue weighted by atomic mass is 9.67. The number of aromatic amines is 1. The highest BCUT2D eigenvalue weighted by molar-refractivity contribution is 5.92. The number of hydrogen-bond acceptors (Lipinski definition) is 5. The fourth-order valence-corrected chi connectivity index (χ4v) is 4.55. The first-order valence-electron chi connectivity index (χ1n) is 11.5. The Bertz CT molecular complexity index is 1360. The number of hydrogen-bond donors (Lipinski definition) is 3. The summed E-state index contributed by atoms with van der Waals surface area (Å²) in [4.78, 5) is 37.0. The molecule has 4 aromatic rings. The Morgan fingerprint density at radius 1 is 1.21 bits per heavy atom. The highest BCUT2D eigenvalue weighted by Crippen LogP contribution is 2.43. The van der Waals surface area contributed by atoms with E-state index in [4.69, 9.17) is 0 Å². The van der Waals surface area contributed by atoms with Crippen LogP contribution in [0.3, 0.4) is 0 Å². The molecule has 0 saturated heterocycles. The van der Waals surface area contributed by atoms with E-state index < -0.39 is 5.91 Å². The van der Waals surface area contributed by atoms with Crippen molar-refractivity contribution < 1.29 is 4.79 Å². The molecule has 33 heavy (non-hydrogen) atoms. The van der Waals surface area contributed by atoms with Crippen molar-refractivity contribution in [1.29, 1.82) is 0 Å². The van der Waals surface area contributed by atoms with Crippen molar-refractivity contribution >= 4 is 22.5 Å². The molecule has 1 amide bonds. The van der Waals surface area contributed by atoms with Crippen molar-refractivity contribution in [3.63, 3.8) is 0 Å². The predicted octanol–water partition coefficient (Wildman–Crippen LogP) is 3.17. The normalized spacial score (nSPS) is 14.9. The summed E-state index contributed by atoms with van der Waals surface area (Å²) < 4.78 is 1.40. The number of nitrogens with one attached hydrogen (secondary N) is 3. The minimum absolute atomic E-state index is 0.0943. The van der Waals surface area contributed by atoms with E-state index in [9.17, 15) is 9.59 Å². The Morgan fingerprint density at radius 3 is 2.88 bits per heavy atom. The molecule has 8 heteroatoms. The standard InChI is InChI=1S/C25H28N6O2/c1-2-25(7-5-8-25)16-26-14-19-10-17-13-27-18(11-20(17)29-19)15-28-24(33)21-12-23(32)31-9-4-3-6-22(31)30-21/h3-4,6,9-13,26,29H,2,5,7-8,14-16H2,1H3,(H,28,33). The minimum Gasteiger partial charge on any atom is -0.357 e. The molecular weight excluding hydrogens is 416 g/mol. The minimum atomic E-state index is -0.405. The van der Waals surface area contributed by atoms with Crippen molar-refractivity contribution in [2.45, 2.75) is 45.7 Å². The van der Waals surface area contributed by atoms with Crippen molar-refractivity contribution in [2.24, 2.45) is 5.41 Å². The molecule has 170 valence electrons. The van der Waals surface area contributed by atoms with Crippen LogP contribution in [-0.2, 0) is 13.1 Å². The molecule has 0 unspecified atom stereocenters. The van der Waals surface area contributed by atoms with Gasteiger partial charge in [0, 0.05) is 48.1 Å². The van der Waals surface area contributed by atoms with Crippen LogP contribution in [0.4, 0.5) is 0 Å². The Morgan fingerprint density at radius 2 is 2.09 bits per heavy atom. The van der Waals surface area contributed by atoms with E-state index in [-0.39, 0.29) is 17.8 Å². The third-order valence-corrected chi connectivity index (χ3v) is 6.83.